The summed E-state index contributed by atoms with van der Waals surface area (Å²) >= 11 is 0. The second-order valence-corrected chi connectivity index (χ2v) is 6.14. The molecule has 1 aromatic heterocycles. The molecule has 0 N–H and O–H groups in total. The molecule has 2 aromatic rings. The van der Waals surface area contributed by atoms with Crippen LogP contribution in [0, 0.1) is 0 Å². The molecule has 25 heavy (non-hydrogen) atoms. The maximum absolute atomic E-state index is 12.7. The highest BCUT2D eigenvalue weighted by Gasteiger charge is 2.28. The molecule has 1 aliphatic rings. The monoisotopic (exact) mass is 342 g/mol. The minimum absolute atomic E-state index is 0.0237. The molecule has 1 aliphatic heterocycles. The van der Waals surface area contributed by atoms with Crippen LogP contribution in [0.2, 0.25) is 0 Å². The Balaban J connectivity index is 1.61. The lowest BCUT2D eigenvalue weighted by molar-refractivity contribution is 0.0771. The van der Waals surface area contributed by atoms with E-state index in [0.717, 1.165) is 12.1 Å². The Morgan fingerprint density at radius 2 is 1.96 bits per heavy atom. The number of benzene rings is 1. The van der Waals surface area contributed by atoms with Gasteiger partial charge in [0.1, 0.15) is 6.10 Å². The molecule has 2 heterocycles. The normalized spacial score (nSPS) is 16.6. The van der Waals surface area contributed by atoms with Crippen LogP contribution < -0.4 is 14.4 Å². The van der Waals surface area contributed by atoms with E-state index >= 15 is 0 Å². The Morgan fingerprint density at radius 1 is 1.20 bits per heavy atom. The van der Waals surface area contributed by atoms with Crippen LogP contribution in [0.15, 0.2) is 36.4 Å². The van der Waals surface area contributed by atoms with Crippen molar-refractivity contribution in [2.24, 2.45) is 0 Å². The van der Waals surface area contributed by atoms with Gasteiger partial charge in [-0.2, -0.15) is 0 Å². The number of ether oxygens (including phenoxy) is 2. The molecule has 7 heteroatoms. The second-order valence-electron chi connectivity index (χ2n) is 6.14. The highest BCUT2D eigenvalue weighted by molar-refractivity contribution is 5.95. The molecule has 0 radical (unpaired) electrons. The Bertz CT molecular complexity index is 733. The van der Waals surface area contributed by atoms with Gasteiger partial charge in [-0.1, -0.05) is 6.07 Å². The highest BCUT2D eigenvalue weighted by atomic mass is 16.5. The molecule has 1 saturated heterocycles. The summed E-state index contributed by atoms with van der Waals surface area (Å²) in [5.41, 5.74) is 1.70. The summed E-state index contributed by atoms with van der Waals surface area (Å²) in [5.74, 6) is 0.904. The van der Waals surface area contributed by atoms with Gasteiger partial charge in [-0.05, 0) is 18.2 Å². The van der Waals surface area contributed by atoms with Crippen molar-refractivity contribution in [2.75, 3.05) is 39.2 Å². The highest BCUT2D eigenvalue weighted by Crippen LogP contribution is 2.21. The molecule has 1 aromatic carbocycles. The van der Waals surface area contributed by atoms with Crippen molar-refractivity contribution in [2.45, 2.75) is 12.5 Å². The number of hydrogen-bond acceptors (Lipinski definition) is 6. The average Bonchev–Trinajstić information content (AvgIpc) is 3.10. The predicted molar refractivity (Wildman–Crippen MR) is 94.3 cm³/mol. The zero-order chi connectivity index (χ0) is 17.8. The van der Waals surface area contributed by atoms with E-state index in [9.17, 15) is 4.79 Å². The lowest BCUT2D eigenvalue weighted by atomic mass is 10.1. The summed E-state index contributed by atoms with van der Waals surface area (Å²) < 4.78 is 10.8. The number of hydrogen-bond donors (Lipinski definition) is 0. The number of nitrogens with zero attached hydrogens (tertiary/aromatic N) is 4. The van der Waals surface area contributed by atoms with E-state index in [-0.39, 0.29) is 12.0 Å². The Morgan fingerprint density at radius 3 is 2.64 bits per heavy atom. The van der Waals surface area contributed by atoms with Gasteiger partial charge in [-0.3, -0.25) is 4.79 Å². The fourth-order valence-electron chi connectivity index (χ4n) is 2.76. The first-order valence-electron chi connectivity index (χ1n) is 8.18. The van der Waals surface area contributed by atoms with Crippen molar-refractivity contribution in [3.05, 3.63) is 42.0 Å². The van der Waals surface area contributed by atoms with Crippen LogP contribution in [-0.4, -0.2) is 61.4 Å². The van der Waals surface area contributed by atoms with E-state index in [1.54, 1.807) is 12.1 Å². The zero-order valence-corrected chi connectivity index (χ0v) is 14.7. The van der Waals surface area contributed by atoms with Gasteiger partial charge in [0.2, 0.25) is 11.8 Å². The summed E-state index contributed by atoms with van der Waals surface area (Å²) in [7, 11) is 5.45. The van der Waals surface area contributed by atoms with Crippen LogP contribution in [0.1, 0.15) is 16.8 Å². The Hall–Kier alpha value is -2.83. The molecular weight excluding hydrogens is 320 g/mol. The molecule has 1 atom stereocenters. The van der Waals surface area contributed by atoms with Gasteiger partial charge < -0.3 is 19.3 Å². The number of methoxy groups -OCH3 is 1. The van der Waals surface area contributed by atoms with Gasteiger partial charge in [0, 0.05) is 50.4 Å². The fraction of sp³-hybridized carbons (Fsp3) is 0.389. The number of carbonyl (C=O) groups is 1. The number of likely N-dealkylation sites (tertiary alicyclic amines) is 1. The first-order chi connectivity index (χ1) is 12.1. The van der Waals surface area contributed by atoms with Gasteiger partial charge in [0.05, 0.1) is 13.7 Å². The smallest absolute Gasteiger partial charge is 0.254 e. The minimum atomic E-state index is -0.0799. The van der Waals surface area contributed by atoms with E-state index in [1.165, 1.54) is 7.11 Å². The first kappa shape index (κ1) is 17.0. The molecule has 1 fully saturated rings. The van der Waals surface area contributed by atoms with Gasteiger partial charge >= 0.3 is 0 Å². The van der Waals surface area contributed by atoms with Crippen LogP contribution in [-0.2, 0) is 0 Å². The largest absolute Gasteiger partial charge is 0.480 e. The van der Waals surface area contributed by atoms with E-state index in [4.69, 9.17) is 9.47 Å². The van der Waals surface area contributed by atoms with E-state index in [2.05, 4.69) is 10.2 Å². The zero-order valence-electron chi connectivity index (χ0n) is 14.7. The molecule has 0 saturated carbocycles. The molecule has 0 spiro atoms. The number of rotatable bonds is 5. The van der Waals surface area contributed by atoms with Crippen LogP contribution in [0.4, 0.5) is 5.69 Å². The van der Waals surface area contributed by atoms with Crippen molar-refractivity contribution in [3.8, 4) is 11.8 Å². The third-order valence-corrected chi connectivity index (χ3v) is 4.15. The fourth-order valence-corrected chi connectivity index (χ4v) is 2.76. The third-order valence-electron chi connectivity index (χ3n) is 4.15. The number of carbonyl (C=O) groups excluding carboxylic acids is 1. The van der Waals surface area contributed by atoms with E-state index in [0.29, 0.717) is 30.4 Å². The molecule has 1 amide bonds. The van der Waals surface area contributed by atoms with Gasteiger partial charge in [0.15, 0.2) is 0 Å². The first-order valence-corrected chi connectivity index (χ1v) is 8.18. The number of amides is 1. The molecule has 7 nitrogen and oxygen atoms in total. The molecule has 0 bridgehead atoms. The molecule has 1 unspecified atom stereocenters. The second kappa shape index (κ2) is 7.38. The summed E-state index contributed by atoms with van der Waals surface area (Å²) in [6.45, 7) is 1.21. The van der Waals surface area contributed by atoms with Crippen molar-refractivity contribution in [3.63, 3.8) is 0 Å². The lowest BCUT2D eigenvalue weighted by Gasteiger charge is -2.18. The van der Waals surface area contributed by atoms with Gasteiger partial charge in [-0.25, -0.2) is 0 Å². The van der Waals surface area contributed by atoms with Crippen LogP contribution in [0.5, 0.6) is 11.8 Å². The molecule has 132 valence electrons. The maximum atomic E-state index is 12.7. The topological polar surface area (TPSA) is 67.8 Å². The van der Waals surface area contributed by atoms with E-state index < -0.39 is 0 Å². The van der Waals surface area contributed by atoms with Crippen molar-refractivity contribution in [1.29, 1.82) is 0 Å². The predicted octanol–water partition coefficient (Wildman–Crippen LogP) is 1.84. The van der Waals surface area contributed by atoms with Crippen LogP contribution in [0.3, 0.4) is 0 Å². The summed E-state index contributed by atoms with van der Waals surface area (Å²) in [6.07, 6.45) is 0.691. The molecule has 0 aliphatic carbocycles. The van der Waals surface area contributed by atoms with Crippen LogP contribution >= 0.6 is 0 Å². The average molecular weight is 342 g/mol. The van der Waals surface area contributed by atoms with Crippen LogP contribution in [0.25, 0.3) is 0 Å². The Kier molecular flexibility index (Phi) is 5.02. The van der Waals surface area contributed by atoms with Crippen molar-refractivity contribution < 1.29 is 14.3 Å². The lowest BCUT2D eigenvalue weighted by Crippen LogP contribution is -2.31. The standard InChI is InChI=1S/C18H22N4O3/c1-21(2)14-6-4-5-13(11-14)18(23)22-10-9-15(12-22)25-17-8-7-16(24-3)19-20-17/h4-8,11,15H,9-10,12H2,1-3H3. The van der Waals surface area contributed by atoms with Crippen molar-refractivity contribution >= 4 is 11.6 Å². The van der Waals surface area contributed by atoms with Gasteiger partial charge in [-0.15, -0.1) is 10.2 Å². The maximum Gasteiger partial charge on any atom is 0.254 e. The number of anilines is 1. The minimum Gasteiger partial charge on any atom is -0.480 e. The molecular formula is C18H22N4O3. The Labute approximate surface area is 147 Å². The van der Waals surface area contributed by atoms with Crippen molar-refractivity contribution in [1.82, 2.24) is 15.1 Å². The van der Waals surface area contributed by atoms with E-state index in [1.807, 2.05) is 48.2 Å². The molecule has 3 rings (SSSR count). The summed E-state index contributed by atoms with van der Waals surface area (Å²) in [6, 6.07) is 11.1. The quantitative estimate of drug-likeness (QED) is 0.826. The van der Waals surface area contributed by atoms with Gasteiger partial charge in [0.25, 0.3) is 5.91 Å². The summed E-state index contributed by atoms with van der Waals surface area (Å²) in [4.78, 5) is 16.5. The third kappa shape index (κ3) is 3.99. The summed E-state index contributed by atoms with van der Waals surface area (Å²) in [5, 5.41) is 7.85. The SMILES string of the molecule is COc1ccc(OC2CCN(C(=O)c3cccc(N(C)C)c3)C2)nn1. The number of aromatic nitrogens is 2.